The zero-order valence-corrected chi connectivity index (χ0v) is 14.0. The summed E-state index contributed by atoms with van der Waals surface area (Å²) in [5.74, 6) is 2.98. The van der Waals surface area contributed by atoms with Crippen LogP contribution in [0.25, 0.3) is 0 Å². The topological polar surface area (TPSA) is 80.3 Å². The summed E-state index contributed by atoms with van der Waals surface area (Å²) in [6, 6.07) is 7.97. The molecule has 0 unspecified atom stereocenters. The number of rotatable bonds is 6. The first-order valence-corrected chi connectivity index (χ1v) is 8.07. The summed E-state index contributed by atoms with van der Waals surface area (Å²) >= 11 is 0. The van der Waals surface area contributed by atoms with Crippen molar-refractivity contribution in [3.05, 3.63) is 30.6 Å². The molecular weight excluding hydrogens is 306 g/mol. The first kappa shape index (κ1) is 16.3. The maximum Gasteiger partial charge on any atom is 0.146 e. The molecule has 7 nitrogen and oxygen atoms in total. The van der Waals surface area contributed by atoms with E-state index in [1.54, 1.807) is 20.5 Å². The van der Waals surface area contributed by atoms with E-state index in [0.29, 0.717) is 17.6 Å². The van der Waals surface area contributed by atoms with Gasteiger partial charge in [0.05, 0.1) is 19.9 Å². The van der Waals surface area contributed by atoms with Crippen molar-refractivity contribution in [2.45, 2.75) is 18.9 Å². The van der Waals surface area contributed by atoms with E-state index in [1.807, 2.05) is 24.3 Å². The van der Waals surface area contributed by atoms with E-state index in [2.05, 4.69) is 25.9 Å². The molecule has 1 aliphatic heterocycles. The number of ether oxygens (including phenoxy) is 2. The Balaban J connectivity index is 1.72. The van der Waals surface area contributed by atoms with Gasteiger partial charge in [-0.3, -0.25) is 0 Å². The van der Waals surface area contributed by atoms with Crippen LogP contribution < -0.4 is 25.4 Å². The van der Waals surface area contributed by atoms with Crippen LogP contribution in [0.15, 0.2) is 30.6 Å². The van der Waals surface area contributed by atoms with Crippen LogP contribution in [0.2, 0.25) is 0 Å². The Morgan fingerprint density at radius 2 is 1.83 bits per heavy atom. The number of methoxy groups -OCH3 is 2. The highest BCUT2D eigenvalue weighted by Crippen LogP contribution is 2.31. The summed E-state index contributed by atoms with van der Waals surface area (Å²) in [6.07, 6.45) is 3.75. The molecule has 7 heteroatoms. The van der Waals surface area contributed by atoms with Gasteiger partial charge in [-0.05, 0) is 38.1 Å². The predicted molar refractivity (Wildman–Crippen MR) is 94.4 cm³/mol. The van der Waals surface area contributed by atoms with Crippen LogP contribution in [0.5, 0.6) is 11.5 Å². The fourth-order valence-electron chi connectivity index (χ4n) is 2.72. The molecule has 3 rings (SSSR count). The number of nitrogens with one attached hydrogen (secondary N) is 3. The Kier molecular flexibility index (Phi) is 5.32. The van der Waals surface area contributed by atoms with E-state index in [4.69, 9.17) is 9.47 Å². The molecular formula is C17H23N5O2. The highest BCUT2D eigenvalue weighted by atomic mass is 16.5. The highest BCUT2D eigenvalue weighted by molar-refractivity contribution is 5.66. The van der Waals surface area contributed by atoms with Crippen molar-refractivity contribution in [3.8, 4) is 11.5 Å². The van der Waals surface area contributed by atoms with Crippen molar-refractivity contribution in [1.82, 2.24) is 15.3 Å². The molecule has 0 atom stereocenters. The maximum atomic E-state index is 5.40. The largest absolute Gasteiger partial charge is 0.497 e. The highest BCUT2D eigenvalue weighted by Gasteiger charge is 2.13. The zero-order valence-electron chi connectivity index (χ0n) is 14.0. The second kappa shape index (κ2) is 7.83. The number of piperidine rings is 1. The van der Waals surface area contributed by atoms with E-state index in [-0.39, 0.29) is 0 Å². The van der Waals surface area contributed by atoms with Gasteiger partial charge in [0.1, 0.15) is 29.5 Å². The molecule has 1 fully saturated rings. The second-order valence-corrected chi connectivity index (χ2v) is 5.65. The third-order valence-electron chi connectivity index (χ3n) is 4.03. The van der Waals surface area contributed by atoms with Gasteiger partial charge in [0, 0.05) is 18.2 Å². The van der Waals surface area contributed by atoms with E-state index in [1.165, 1.54) is 0 Å². The number of nitrogens with zero attached hydrogens (tertiary/aromatic N) is 2. The lowest BCUT2D eigenvalue weighted by Crippen LogP contribution is -2.35. The monoisotopic (exact) mass is 329 g/mol. The molecule has 2 heterocycles. The molecule has 0 bridgehead atoms. The first-order valence-electron chi connectivity index (χ1n) is 8.07. The van der Waals surface area contributed by atoms with Gasteiger partial charge < -0.3 is 25.4 Å². The average molecular weight is 329 g/mol. The van der Waals surface area contributed by atoms with Crippen LogP contribution >= 0.6 is 0 Å². The van der Waals surface area contributed by atoms with Crippen molar-refractivity contribution in [1.29, 1.82) is 0 Å². The van der Waals surface area contributed by atoms with Gasteiger partial charge in [-0.1, -0.05) is 0 Å². The van der Waals surface area contributed by atoms with Gasteiger partial charge in [0.2, 0.25) is 0 Å². The van der Waals surface area contributed by atoms with Crippen LogP contribution in [-0.4, -0.2) is 43.3 Å². The smallest absolute Gasteiger partial charge is 0.146 e. The van der Waals surface area contributed by atoms with Gasteiger partial charge >= 0.3 is 0 Å². The van der Waals surface area contributed by atoms with Gasteiger partial charge in [-0.25, -0.2) is 9.97 Å². The van der Waals surface area contributed by atoms with Crippen LogP contribution in [0.3, 0.4) is 0 Å². The van der Waals surface area contributed by atoms with Crippen molar-refractivity contribution < 1.29 is 9.47 Å². The van der Waals surface area contributed by atoms with Crippen LogP contribution in [-0.2, 0) is 0 Å². The van der Waals surface area contributed by atoms with E-state index in [9.17, 15) is 0 Å². The lowest BCUT2D eigenvalue weighted by Gasteiger charge is -2.24. The summed E-state index contributed by atoms with van der Waals surface area (Å²) in [4.78, 5) is 8.60. The number of hydrogen-bond acceptors (Lipinski definition) is 7. The Morgan fingerprint density at radius 3 is 2.58 bits per heavy atom. The molecule has 128 valence electrons. The number of aromatic nitrogens is 2. The molecule has 0 saturated carbocycles. The summed E-state index contributed by atoms with van der Waals surface area (Å²) in [5, 5.41) is 10.1. The van der Waals surface area contributed by atoms with Gasteiger partial charge in [-0.15, -0.1) is 0 Å². The molecule has 0 spiro atoms. The molecule has 1 saturated heterocycles. The third kappa shape index (κ3) is 4.05. The minimum atomic E-state index is 0.449. The quantitative estimate of drug-likeness (QED) is 0.751. The fourth-order valence-corrected chi connectivity index (χ4v) is 2.72. The normalized spacial score (nSPS) is 14.9. The maximum absolute atomic E-state index is 5.40. The van der Waals surface area contributed by atoms with Crippen molar-refractivity contribution in [2.24, 2.45) is 0 Å². The molecule has 1 aliphatic rings. The van der Waals surface area contributed by atoms with Gasteiger partial charge in [-0.2, -0.15) is 0 Å². The van der Waals surface area contributed by atoms with Crippen LogP contribution in [0.4, 0.5) is 17.3 Å². The average Bonchev–Trinajstić information content (AvgIpc) is 2.63. The summed E-state index contributed by atoms with van der Waals surface area (Å²) < 4.78 is 10.6. The van der Waals surface area contributed by atoms with Gasteiger partial charge in [0.15, 0.2) is 0 Å². The zero-order chi connectivity index (χ0) is 16.8. The molecule has 0 aliphatic carbocycles. The minimum Gasteiger partial charge on any atom is -0.497 e. The van der Waals surface area contributed by atoms with Crippen molar-refractivity contribution in [2.75, 3.05) is 37.9 Å². The first-order chi connectivity index (χ1) is 11.8. The number of hydrogen-bond donors (Lipinski definition) is 3. The van der Waals surface area contributed by atoms with Crippen molar-refractivity contribution in [3.63, 3.8) is 0 Å². The standard InChI is InChI=1S/C17H23N5O2/c1-23-13-3-4-14(15(9-13)24-2)22-17-10-16(19-11-20-17)21-12-5-7-18-8-6-12/h3-4,9-12,18H,5-8H2,1-2H3,(H2,19,20,21,22). The molecule has 1 aromatic carbocycles. The number of anilines is 3. The summed E-state index contributed by atoms with van der Waals surface area (Å²) in [7, 11) is 3.26. The molecule has 24 heavy (non-hydrogen) atoms. The fraction of sp³-hybridized carbons (Fsp3) is 0.412. The Morgan fingerprint density at radius 1 is 1.04 bits per heavy atom. The van der Waals surface area contributed by atoms with Crippen LogP contribution in [0, 0.1) is 0 Å². The molecule has 0 radical (unpaired) electrons. The van der Waals surface area contributed by atoms with Gasteiger partial charge in [0.25, 0.3) is 0 Å². The number of benzene rings is 1. The summed E-state index contributed by atoms with van der Waals surface area (Å²) in [5.41, 5.74) is 0.824. The Bertz CT molecular complexity index is 674. The van der Waals surface area contributed by atoms with Crippen molar-refractivity contribution >= 4 is 17.3 Å². The SMILES string of the molecule is COc1ccc(Nc2cc(NC3CCNCC3)ncn2)c(OC)c1. The lowest BCUT2D eigenvalue weighted by molar-refractivity contribution is 0.395. The molecule has 0 amide bonds. The predicted octanol–water partition coefficient (Wildman–Crippen LogP) is 2.40. The summed E-state index contributed by atoms with van der Waals surface area (Å²) in [6.45, 7) is 2.08. The lowest BCUT2D eigenvalue weighted by atomic mass is 10.1. The van der Waals surface area contributed by atoms with Crippen LogP contribution in [0.1, 0.15) is 12.8 Å². The molecule has 1 aromatic heterocycles. The Labute approximate surface area is 141 Å². The third-order valence-corrected chi connectivity index (χ3v) is 4.03. The van der Waals surface area contributed by atoms with E-state index in [0.717, 1.165) is 43.2 Å². The van der Waals surface area contributed by atoms with E-state index < -0.39 is 0 Å². The van der Waals surface area contributed by atoms with E-state index >= 15 is 0 Å². The minimum absolute atomic E-state index is 0.449. The Hall–Kier alpha value is -2.54. The molecule has 2 aromatic rings. The second-order valence-electron chi connectivity index (χ2n) is 5.65. The molecule has 3 N–H and O–H groups in total.